The zero-order valence-corrected chi connectivity index (χ0v) is 13.4. The molecule has 19 heavy (non-hydrogen) atoms. The number of hydrogen-bond donors (Lipinski definition) is 2. The van der Waals surface area contributed by atoms with Gasteiger partial charge < -0.3 is 15.4 Å². The lowest BCUT2D eigenvalue weighted by Crippen LogP contribution is -2.46. The Hall–Kier alpha value is -1.06. The highest BCUT2D eigenvalue weighted by atomic mass is 16.5. The van der Waals surface area contributed by atoms with Crippen LogP contribution in [0.3, 0.4) is 0 Å². The van der Waals surface area contributed by atoms with Crippen molar-refractivity contribution in [3.63, 3.8) is 0 Å². The number of ether oxygens (including phenoxy) is 1. The van der Waals surface area contributed by atoms with E-state index in [4.69, 9.17) is 4.74 Å². The first-order valence-corrected chi connectivity index (χ1v) is 6.85. The number of nitrogens with one attached hydrogen (secondary N) is 2. The molecule has 2 N–H and O–H groups in total. The van der Waals surface area contributed by atoms with Crippen molar-refractivity contribution in [3.8, 4) is 5.75 Å². The molecule has 0 spiro atoms. The van der Waals surface area contributed by atoms with E-state index < -0.39 is 0 Å². The van der Waals surface area contributed by atoms with Gasteiger partial charge in [-0.25, -0.2) is 0 Å². The predicted octanol–water partition coefficient (Wildman–Crippen LogP) is 2.71. The van der Waals surface area contributed by atoms with Gasteiger partial charge in [0.25, 0.3) is 0 Å². The molecule has 0 aromatic heterocycles. The van der Waals surface area contributed by atoms with Gasteiger partial charge >= 0.3 is 0 Å². The maximum absolute atomic E-state index is 5.42. The van der Waals surface area contributed by atoms with E-state index in [1.807, 2.05) is 7.05 Å². The van der Waals surface area contributed by atoms with Gasteiger partial charge in [0.2, 0.25) is 0 Å². The summed E-state index contributed by atoms with van der Waals surface area (Å²) in [5.74, 6) is 0.980. The Kier molecular flexibility index (Phi) is 5.39. The number of benzene rings is 1. The molecule has 0 saturated carbocycles. The van der Waals surface area contributed by atoms with Gasteiger partial charge in [-0.1, -0.05) is 0 Å². The molecule has 1 rings (SSSR count). The Bertz CT molecular complexity index is 439. The molecule has 0 fully saturated rings. The summed E-state index contributed by atoms with van der Waals surface area (Å²) in [5, 5.41) is 6.84. The van der Waals surface area contributed by atoms with Gasteiger partial charge in [-0.3, -0.25) is 0 Å². The molecule has 0 heterocycles. The molecule has 0 amide bonds. The highest BCUT2D eigenvalue weighted by Gasteiger charge is 2.17. The quantitative estimate of drug-likeness (QED) is 0.829. The topological polar surface area (TPSA) is 33.3 Å². The van der Waals surface area contributed by atoms with Gasteiger partial charge in [0.1, 0.15) is 5.75 Å². The van der Waals surface area contributed by atoms with Crippen LogP contribution in [0.1, 0.15) is 36.1 Å². The molecule has 0 bridgehead atoms. The number of methoxy groups -OCH3 is 1. The van der Waals surface area contributed by atoms with Crippen molar-refractivity contribution in [2.75, 3.05) is 20.7 Å². The smallest absolute Gasteiger partial charge is 0.122 e. The lowest BCUT2D eigenvalue weighted by atomic mass is 9.96. The van der Waals surface area contributed by atoms with Crippen LogP contribution in [0, 0.1) is 20.8 Å². The van der Waals surface area contributed by atoms with Crippen LogP contribution in [-0.4, -0.2) is 26.2 Å². The van der Waals surface area contributed by atoms with E-state index in [-0.39, 0.29) is 5.54 Å². The summed E-state index contributed by atoms with van der Waals surface area (Å²) in [7, 11) is 3.71. The van der Waals surface area contributed by atoms with Crippen molar-refractivity contribution in [3.05, 3.63) is 28.3 Å². The number of likely N-dealkylation sites (N-methyl/N-ethyl adjacent to an activating group) is 1. The van der Waals surface area contributed by atoms with Gasteiger partial charge in [-0.2, -0.15) is 0 Å². The second kappa shape index (κ2) is 6.40. The van der Waals surface area contributed by atoms with Gasteiger partial charge in [-0.05, 0) is 70.0 Å². The minimum atomic E-state index is 0.0848. The average Bonchev–Trinajstić information content (AvgIpc) is 2.33. The molecular formula is C16H28N2O. The predicted molar refractivity (Wildman–Crippen MR) is 82.1 cm³/mol. The van der Waals surface area contributed by atoms with Gasteiger partial charge in [0, 0.05) is 18.6 Å². The first-order chi connectivity index (χ1) is 8.82. The minimum absolute atomic E-state index is 0.0848. The number of hydrogen-bond acceptors (Lipinski definition) is 3. The highest BCUT2D eigenvalue weighted by Crippen LogP contribution is 2.27. The monoisotopic (exact) mass is 264 g/mol. The Morgan fingerprint density at radius 3 is 2.32 bits per heavy atom. The van der Waals surface area contributed by atoms with Crippen molar-refractivity contribution in [1.29, 1.82) is 0 Å². The van der Waals surface area contributed by atoms with Crippen LogP contribution in [0.4, 0.5) is 0 Å². The van der Waals surface area contributed by atoms with Crippen LogP contribution < -0.4 is 15.4 Å². The first-order valence-electron chi connectivity index (χ1n) is 6.85. The van der Waals surface area contributed by atoms with Crippen LogP contribution in [0.5, 0.6) is 5.75 Å². The summed E-state index contributed by atoms with van der Waals surface area (Å²) in [6, 6.07) is 2.13. The van der Waals surface area contributed by atoms with Crippen molar-refractivity contribution in [1.82, 2.24) is 10.6 Å². The summed E-state index contributed by atoms with van der Waals surface area (Å²) in [5.41, 5.74) is 5.30. The molecule has 0 aliphatic heterocycles. The molecule has 0 atom stereocenters. The van der Waals surface area contributed by atoms with Gasteiger partial charge in [-0.15, -0.1) is 0 Å². The maximum Gasteiger partial charge on any atom is 0.122 e. The standard InChI is InChI=1S/C16H28N2O/c1-11-8-15(19-7)13(3)12(2)14(11)9-18-16(4,5)10-17-6/h8,17-18H,9-10H2,1-7H3. The van der Waals surface area contributed by atoms with Crippen LogP contribution in [0.2, 0.25) is 0 Å². The van der Waals surface area contributed by atoms with Crippen molar-refractivity contribution in [2.45, 2.75) is 46.7 Å². The Morgan fingerprint density at radius 1 is 1.16 bits per heavy atom. The normalized spacial score (nSPS) is 11.7. The summed E-state index contributed by atoms with van der Waals surface area (Å²) < 4.78 is 5.42. The molecule has 108 valence electrons. The zero-order valence-electron chi connectivity index (χ0n) is 13.4. The van der Waals surface area contributed by atoms with E-state index in [9.17, 15) is 0 Å². The molecule has 0 radical (unpaired) electrons. The Labute approximate surface area is 117 Å². The largest absolute Gasteiger partial charge is 0.496 e. The van der Waals surface area contributed by atoms with Crippen LogP contribution in [0.15, 0.2) is 6.07 Å². The van der Waals surface area contributed by atoms with E-state index in [1.165, 1.54) is 22.3 Å². The molecular weight excluding hydrogens is 236 g/mol. The maximum atomic E-state index is 5.42. The SMILES string of the molecule is CNCC(C)(C)NCc1c(C)cc(OC)c(C)c1C. The fourth-order valence-electron chi connectivity index (χ4n) is 2.42. The Balaban J connectivity index is 2.94. The Morgan fingerprint density at radius 2 is 1.79 bits per heavy atom. The lowest BCUT2D eigenvalue weighted by Gasteiger charge is -2.27. The molecule has 3 heteroatoms. The summed E-state index contributed by atoms with van der Waals surface area (Å²) in [6.45, 7) is 12.7. The molecule has 0 aliphatic carbocycles. The summed E-state index contributed by atoms with van der Waals surface area (Å²) >= 11 is 0. The van der Waals surface area contributed by atoms with Crippen LogP contribution >= 0.6 is 0 Å². The van der Waals surface area contributed by atoms with Crippen LogP contribution in [-0.2, 0) is 6.54 Å². The van der Waals surface area contributed by atoms with E-state index in [0.717, 1.165) is 18.8 Å². The molecule has 3 nitrogen and oxygen atoms in total. The third-order valence-electron chi connectivity index (χ3n) is 3.79. The third-order valence-corrected chi connectivity index (χ3v) is 3.79. The molecule has 1 aromatic carbocycles. The van der Waals surface area contributed by atoms with Gasteiger partial charge in [0.15, 0.2) is 0 Å². The van der Waals surface area contributed by atoms with E-state index in [0.29, 0.717) is 0 Å². The van der Waals surface area contributed by atoms with Crippen LogP contribution in [0.25, 0.3) is 0 Å². The fraction of sp³-hybridized carbons (Fsp3) is 0.625. The van der Waals surface area contributed by atoms with Gasteiger partial charge in [0.05, 0.1) is 7.11 Å². The first kappa shape index (κ1) is 16.0. The molecule has 0 saturated heterocycles. The molecule has 0 aliphatic rings. The average molecular weight is 264 g/mol. The minimum Gasteiger partial charge on any atom is -0.496 e. The zero-order chi connectivity index (χ0) is 14.6. The van der Waals surface area contributed by atoms with E-state index >= 15 is 0 Å². The second-order valence-electron chi connectivity index (χ2n) is 5.89. The molecule has 0 unspecified atom stereocenters. The highest BCUT2D eigenvalue weighted by molar-refractivity contribution is 5.48. The fourth-order valence-corrected chi connectivity index (χ4v) is 2.42. The van der Waals surface area contributed by atoms with E-state index in [2.05, 4.69) is 51.3 Å². The lowest BCUT2D eigenvalue weighted by molar-refractivity contribution is 0.372. The third kappa shape index (κ3) is 3.95. The second-order valence-corrected chi connectivity index (χ2v) is 5.89. The summed E-state index contributed by atoms with van der Waals surface area (Å²) in [4.78, 5) is 0. The van der Waals surface area contributed by atoms with E-state index in [1.54, 1.807) is 7.11 Å². The molecule has 1 aromatic rings. The number of rotatable bonds is 6. The summed E-state index contributed by atoms with van der Waals surface area (Å²) in [6.07, 6.45) is 0. The number of aryl methyl sites for hydroxylation is 1. The van der Waals surface area contributed by atoms with Crippen molar-refractivity contribution >= 4 is 0 Å². The van der Waals surface area contributed by atoms with Crippen molar-refractivity contribution < 1.29 is 4.74 Å². The van der Waals surface area contributed by atoms with Crippen molar-refractivity contribution in [2.24, 2.45) is 0 Å².